The highest BCUT2D eigenvalue weighted by Gasteiger charge is 2.26. The number of nitrogens with one attached hydrogen (secondary N) is 1. The number of hydrogen-bond acceptors (Lipinski definition) is 8. The summed E-state index contributed by atoms with van der Waals surface area (Å²) < 4.78 is 11.7. The van der Waals surface area contributed by atoms with Gasteiger partial charge in [-0.05, 0) is 37.0 Å². The van der Waals surface area contributed by atoms with Crippen LogP contribution in [0.25, 0.3) is 11.0 Å². The first kappa shape index (κ1) is 20.2. The zero-order chi connectivity index (χ0) is 21.9. The quantitative estimate of drug-likeness (QED) is 0.542. The maximum Gasteiger partial charge on any atom is 0.246 e. The van der Waals surface area contributed by atoms with E-state index in [-0.39, 0.29) is 12.0 Å². The molecule has 1 aliphatic carbocycles. The molecule has 32 heavy (non-hydrogen) atoms. The van der Waals surface area contributed by atoms with Crippen LogP contribution in [-0.4, -0.2) is 56.5 Å². The van der Waals surface area contributed by atoms with Gasteiger partial charge in [0.15, 0.2) is 5.82 Å². The highest BCUT2D eigenvalue weighted by molar-refractivity contribution is 5.87. The fourth-order valence-electron chi connectivity index (χ4n) is 3.57. The van der Waals surface area contributed by atoms with E-state index in [1.54, 1.807) is 17.2 Å². The van der Waals surface area contributed by atoms with Gasteiger partial charge in [0, 0.05) is 25.1 Å². The van der Waals surface area contributed by atoms with Gasteiger partial charge < -0.3 is 19.7 Å². The van der Waals surface area contributed by atoms with E-state index in [0.717, 1.165) is 18.7 Å². The normalized spacial score (nSPS) is 17.9. The number of amides is 1. The molecule has 1 saturated carbocycles. The van der Waals surface area contributed by atoms with E-state index in [1.807, 2.05) is 18.2 Å². The summed E-state index contributed by atoms with van der Waals surface area (Å²) in [5.74, 6) is 2.24. The Kier molecular flexibility index (Phi) is 5.53. The van der Waals surface area contributed by atoms with Crippen molar-refractivity contribution in [2.75, 3.05) is 25.0 Å². The molecule has 1 atom stereocenters. The molecule has 1 aliphatic heterocycles. The summed E-state index contributed by atoms with van der Waals surface area (Å²) in [6, 6.07) is 7.36. The van der Waals surface area contributed by atoms with Crippen LogP contribution < -0.4 is 14.8 Å². The molecule has 9 heteroatoms. The molecule has 164 valence electrons. The number of hydrogen-bond donors (Lipinski definition) is 1. The first-order valence-corrected chi connectivity index (χ1v) is 10.7. The molecule has 0 radical (unpaired) electrons. The Morgan fingerprint density at radius 2 is 2.03 bits per heavy atom. The number of carbonyl (C=O) groups is 1. The third kappa shape index (κ3) is 4.61. The molecule has 3 aromatic rings. The Hall–Kier alpha value is -3.75. The van der Waals surface area contributed by atoms with Crippen molar-refractivity contribution in [1.29, 1.82) is 0 Å². The number of pyridine rings is 2. The second kappa shape index (κ2) is 8.78. The minimum absolute atomic E-state index is 0.0833. The molecule has 2 fully saturated rings. The van der Waals surface area contributed by atoms with Gasteiger partial charge in [-0.25, -0.2) is 19.9 Å². The van der Waals surface area contributed by atoms with Gasteiger partial charge >= 0.3 is 0 Å². The van der Waals surface area contributed by atoms with Gasteiger partial charge in [0.05, 0.1) is 30.6 Å². The van der Waals surface area contributed by atoms with E-state index in [0.29, 0.717) is 47.6 Å². The van der Waals surface area contributed by atoms with Crippen molar-refractivity contribution < 1.29 is 14.3 Å². The van der Waals surface area contributed by atoms with Crippen LogP contribution in [0.3, 0.4) is 0 Å². The number of rotatable bonds is 8. The van der Waals surface area contributed by atoms with E-state index in [4.69, 9.17) is 9.47 Å². The second-order valence-electron chi connectivity index (χ2n) is 8.02. The van der Waals surface area contributed by atoms with Crippen molar-refractivity contribution in [1.82, 2.24) is 24.8 Å². The van der Waals surface area contributed by atoms with E-state index in [2.05, 4.69) is 31.8 Å². The highest BCUT2D eigenvalue weighted by Crippen LogP contribution is 2.29. The molecule has 0 aromatic carbocycles. The van der Waals surface area contributed by atoms with Crippen LogP contribution in [0.5, 0.6) is 11.8 Å². The lowest BCUT2D eigenvalue weighted by Gasteiger charge is -2.15. The molecular formula is C23H24N6O3. The number of carbonyl (C=O) groups excluding carboxylic acids is 1. The third-order valence-electron chi connectivity index (χ3n) is 5.54. The molecule has 5 rings (SSSR count). The number of aromatic nitrogens is 4. The van der Waals surface area contributed by atoms with Gasteiger partial charge in [-0.15, -0.1) is 0 Å². The fraction of sp³-hybridized carbons (Fsp3) is 0.348. The topological polar surface area (TPSA) is 102 Å². The molecule has 0 spiro atoms. The number of nitrogens with zero attached hydrogens (tertiary/aromatic N) is 5. The molecule has 2 aliphatic rings. The summed E-state index contributed by atoms with van der Waals surface area (Å²) in [5.41, 5.74) is 2.06. The Bertz CT molecular complexity index is 1130. The Morgan fingerprint density at radius 1 is 1.16 bits per heavy atom. The summed E-state index contributed by atoms with van der Waals surface area (Å²) in [5, 5.41) is 3.25. The third-order valence-corrected chi connectivity index (χ3v) is 5.54. The van der Waals surface area contributed by atoms with Gasteiger partial charge in [0.25, 0.3) is 0 Å². The van der Waals surface area contributed by atoms with Crippen LogP contribution in [-0.2, 0) is 4.79 Å². The smallest absolute Gasteiger partial charge is 0.246 e. The van der Waals surface area contributed by atoms with E-state index >= 15 is 0 Å². The van der Waals surface area contributed by atoms with Crippen LogP contribution in [0, 0.1) is 5.92 Å². The maximum absolute atomic E-state index is 11.8. The molecule has 0 bridgehead atoms. The first-order valence-electron chi connectivity index (χ1n) is 10.7. The molecule has 9 nitrogen and oxygen atoms in total. The van der Waals surface area contributed by atoms with Crippen LogP contribution >= 0.6 is 0 Å². The lowest BCUT2D eigenvalue weighted by Crippen LogP contribution is -2.29. The van der Waals surface area contributed by atoms with Crippen LogP contribution in [0.1, 0.15) is 19.3 Å². The highest BCUT2D eigenvalue weighted by atomic mass is 16.5. The lowest BCUT2D eigenvalue weighted by molar-refractivity contribution is -0.125. The van der Waals surface area contributed by atoms with E-state index in [1.165, 1.54) is 25.2 Å². The SMILES string of the molecule is C=CC(=O)N1CC[C@H](Oc2ccc3ncnc(Nc4ccc(OCC5CC5)nc4)c3n2)C1. The van der Waals surface area contributed by atoms with Gasteiger partial charge in [0.1, 0.15) is 17.9 Å². The molecular weight excluding hydrogens is 408 g/mol. The van der Waals surface area contributed by atoms with Crippen molar-refractivity contribution in [3.05, 3.63) is 49.4 Å². The Balaban J connectivity index is 1.29. The summed E-state index contributed by atoms with van der Waals surface area (Å²) in [6.45, 7) is 5.43. The lowest BCUT2D eigenvalue weighted by atomic mass is 10.3. The van der Waals surface area contributed by atoms with Gasteiger partial charge in [-0.1, -0.05) is 6.58 Å². The van der Waals surface area contributed by atoms with E-state index < -0.39 is 0 Å². The molecule has 4 heterocycles. The molecule has 1 N–H and O–H groups in total. The standard InChI is InChI=1S/C23H24N6O3/c1-2-21(30)29-10-9-17(12-29)32-20-8-6-18-22(28-20)23(26-14-25-18)27-16-5-7-19(24-11-16)31-13-15-3-4-15/h2,5-8,11,14-15,17H,1,3-4,9-10,12-13H2,(H,25,26,27)/t17-/m0/s1. The van der Waals surface area contributed by atoms with Crippen LogP contribution in [0.15, 0.2) is 49.4 Å². The van der Waals surface area contributed by atoms with Crippen LogP contribution in [0.4, 0.5) is 11.5 Å². The zero-order valence-corrected chi connectivity index (χ0v) is 17.6. The number of ether oxygens (including phenoxy) is 2. The van der Waals surface area contributed by atoms with Gasteiger partial charge in [-0.2, -0.15) is 0 Å². The number of likely N-dealkylation sites (tertiary alicyclic amines) is 1. The first-order chi connectivity index (χ1) is 15.7. The van der Waals surface area contributed by atoms with Crippen molar-refractivity contribution in [2.24, 2.45) is 5.92 Å². The number of fused-ring (bicyclic) bond motifs is 1. The van der Waals surface area contributed by atoms with Crippen LogP contribution in [0.2, 0.25) is 0 Å². The van der Waals surface area contributed by atoms with Gasteiger partial charge in [-0.3, -0.25) is 4.79 Å². The van der Waals surface area contributed by atoms with Crippen molar-refractivity contribution in [2.45, 2.75) is 25.4 Å². The molecule has 1 amide bonds. The van der Waals surface area contributed by atoms with Crippen molar-refractivity contribution >= 4 is 28.4 Å². The zero-order valence-electron chi connectivity index (χ0n) is 17.6. The fourth-order valence-corrected chi connectivity index (χ4v) is 3.57. The molecule has 0 unspecified atom stereocenters. The molecule has 3 aromatic heterocycles. The van der Waals surface area contributed by atoms with Crippen molar-refractivity contribution in [3.63, 3.8) is 0 Å². The maximum atomic E-state index is 11.8. The summed E-state index contributed by atoms with van der Waals surface area (Å²) in [6.07, 6.45) is 7.64. The average molecular weight is 432 g/mol. The average Bonchev–Trinajstić information content (AvgIpc) is 3.54. The Morgan fingerprint density at radius 3 is 2.81 bits per heavy atom. The summed E-state index contributed by atoms with van der Waals surface area (Å²) >= 11 is 0. The minimum Gasteiger partial charge on any atom is -0.477 e. The van der Waals surface area contributed by atoms with Gasteiger partial charge in [0.2, 0.25) is 17.7 Å². The van der Waals surface area contributed by atoms with Crippen molar-refractivity contribution in [3.8, 4) is 11.8 Å². The minimum atomic E-state index is -0.114. The largest absolute Gasteiger partial charge is 0.477 e. The monoisotopic (exact) mass is 432 g/mol. The predicted octanol–water partition coefficient (Wildman–Crippen LogP) is 3.12. The Labute approximate surface area is 185 Å². The number of anilines is 2. The second-order valence-corrected chi connectivity index (χ2v) is 8.02. The summed E-state index contributed by atoms with van der Waals surface area (Å²) in [4.78, 5) is 31.1. The molecule has 1 saturated heterocycles. The predicted molar refractivity (Wildman–Crippen MR) is 119 cm³/mol. The summed E-state index contributed by atoms with van der Waals surface area (Å²) in [7, 11) is 0. The van der Waals surface area contributed by atoms with E-state index in [9.17, 15) is 4.79 Å².